The summed E-state index contributed by atoms with van der Waals surface area (Å²) in [6.45, 7) is 4.91. The molecule has 1 heterocycles. The number of carbonyl (C=O) groups is 1. The van der Waals surface area contributed by atoms with Gasteiger partial charge in [-0.3, -0.25) is 4.68 Å². The van der Waals surface area contributed by atoms with E-state index in [1.54, 1.807) is 0 Å². The standard InChI is InChI=1S/C16H19F3N4O/c1-11-9-12(2)23(22-11)8-4-7-20-15(24)21-14-6-3-5-13(10-14)16(17,18)19/h3,5-6,9-10H,4,7-8H2,1-2H3,(H2,20,21,24). The minimum atomic E-state index is -4.44. The Bertz CT molecular complexity index is 710. The normalized spacial score (nSPS) is 11.4. The van der Waals surface area contributed by atoms with Crippen molar-refractivity contribution < 1.29 is 18.0 Å². The van der Waals surface area contributed by atoms with Crippen molar-refractivity contribution in [2.75, 3.05) is 11.9 Å². The topological polar surface area (TPSA) is 59.0 Å². The maximum atomic E-state index is 12.6. The van der Waals surface area contributed by atoms with Crippen LogP contribution in [0.15, 0.2) is 30.3 Å². The number of benzene rings is 1. The Morgan fingerprint density at radius 3 is 2.62 bits per heavy atom. The van der Waals surface area contributed by atoms with Gasteiger partial charge in [0.15, 0.2) is 0 Å². The second kappa shape index (κ2) is 7.37. The number of rotatable bonds is 5. The van der Waals surface area contributed by atoms with Gasteiger partial charge in [0.05, 0.1) is 11.3 Å². The van der Waals surface area contributed by atoms with E-state index in [1.165, 1.54) is 12.1 Å². The number of nitrogens with one attached hydrogen (secondary N) is 2. The molecule has 130 valence electrons. The third-order valence-corrected chi connectivity index (χ3v) is 3.38. The van der Waals surface area contributed by atoms with Crippen molar-refractivity contribution in [1.29, 1.82) is 0 Å². The average molecular weight is 340 g/mol. The SMILES string of the molecule is Cc1cc(C)n(CCCNC(=O)Nc2cccc(C(F)(F)F)c2)n1. The highest BCUT2D eigenvalue weighted by atomic mass is 19.4. The molecule has 2 aromatic rings. The first-order valence-corrected chi connectivity index (χ1v) is 7.49. The van der Waals surface area contributed by atoms with Gasteiger partial charge in [-0.2, -0.15) is 18.3 Å². The van der Waals surface area contributed by atoms with Crippen LogP contribution < -0.4 is 10.6 Å². The molecule has 0 saturated heterocycles. The molecular weight excluding hydrogens is 321 g/mol. The smallest absolute Gasteiger partial charge is 0.338 e. The summed E-state index contributed by atoms with van der Waals surface area (Å²) in [5, 5.41) is 9.32. The second-order valence-electron chi connectivity index (χ2n) is 5.46. The number of alkyl halides is 3. The summed E-state index contributed by atoms with van der Waals surface area (Å²) < 4.78 is 39.7. The van der Waals surface area contributed by atoms with Crippen molar-refractivity contribution in [2.45, 2.75) is 33.0 Å². The van der Waals surface area contributed by atoms with Gasteiger partial charge in [-0.1, -0.05) is 6.07 Å². The fraction of sp³-hybridized carbons (Fsp3) is 0.375. The maximum Gasteiger partial charge on any atom is 0.416 e. The number of hydrogen-bond donors (Lipinski definition) is 2. The molecule has 8 heteroatoms. The first kappa shape index (κ1) is 17.8. The van der Waals surface area contributed by atoms with E-state index < -0.39 is 17.8 Å². The van der Waals surface area contributed by atoms with Crippen LogP contribution in [0.2, 0.25) is 0 Å². The molecule has 1 aromatic carbocycles. The molecule has 2 N–H and O–H groups in total. The van der Waals surface area contributed by atoms with E-state index in [0.29, 0.717) is 19.5 Å². The van der Waals surface area contributed by atoms with Crippen LogP contribution in [0.4, 0.5) is 23.7 Å². The van der Waals surface area contributed by atoms with Gasteiger partial charge < -0.3 is 10.6 Å². The predicted molar refractivity (Wildman–Crippen MR) is 84.8 cm³/mol. The zero-order valence-electron chi connectivity index (χ0n) is 13.4. The molecule has 0 aliphatic rings. The molecule has 24 heavy (non-hydrogen) atoms. The summed E-state index contributed by atoms with van der Waals surface area (Å²) >= 11 is 0. The second-order valence-corrected chi connectivity index (χ2v) is 5.46. The van der Waals surface area contributed by atoms with Crippen molar-refractivity contribution in [2.24, 2.45) is 0 Å². The molecule has 2 amide bonds. The summed E-state index contributed by atoms with van der Waals surface area (Å²) in [5.41, 5.74) is 1.27. The van der Waals surface area contributed by atoms with Crippen LogP contribution in [0.1, 0.15) is 23.4 Å². The largest absolute Gasteiger partial charge is 0.416 e. The van der Waals surface area contributed by atoms with Crippen LogP contribution in [0.5, 0.6) is 0 Å². The molecule has 2 rings (SSSR count). The molecule has 0 saturated carbocycles. The fourth-order valence-electron chi connectivity index (χ4n) is 2.28. The molecule has 0 fully saturated rings. The number of aromatic nitrogens is 2. The van der Waals surface area contributed by atoms with Crippen LogP contribution in [-0.4, -0.2) is 22.4 Å². The zero-order chi connectivity index (χ0) is 17.7. The van der Waals surface area contributed by atoms with Gasteiger partial charge in [-0.05, 0) is 44.5 Å². The number of halogens is 3. The van der Waals surface area contributed by atoms with Crippen LogP contribution in [0.25, 0.3) is 0 Å². The Morgan fingerprint density at radius 1 is 1.25 bits per heavy atom. The van der Waals surface area contributed by atoms with Crippen LogP contribution in [0, 0.1) is 13.8 Å². The van der Waals surface area contributed by atoms with E-state index in [2.05, 4.69) is 15.7 Å². The van der Waals surface area contributed by atoms with Gasteiger partial charge >= 0.3 is 12.2 Å². The number of aryl methyl sites for hydroxylation is 3. The third-order valence-electron chi connectivity index (χ3n) is 3.38. The first-order valence-electron chi connectivity index (χ1n) is 7.49. The summed E-state index contributed by atoms with van der Waals surface area (Å²) in [4.78, 5) is 11.7. The van der Waals surface area contributed by atoms with Crippen molar-refractivity contribution >= 4 is 11.7 Å². The predicted octanol–water partition coefficient (Wildman–Crippen LogP) is 3.73. The molecule has 5 nitrogen and oxygen atoms in total. The number of nitrogens with zero attached hydrogens (tertiary/aromatic N) is 2. The average Bonchev–Trinajstić information content (AvgIpc) is 2.81. The molecular formula is C16H19F3N4O. The molecule has 0 bridgehead atoms. The number of carbonyl (C=O) groups excluding carboxylic acids is 1. The fourth-order valence-corrected chi connectivity index (χ4v) is 2.28. The van der Waals surface area contributed by atoms with E-state index in [4.69, 9.17) is 0 Å². The van der Waals surface area contributed by atoms with Crippen molar-refractivity contribution in [1.82, 2.24) is 15.1 Å². The summed E-state index contributed by atoms with van der Waals surface area (Å²) in [6.07, 6.45) is -3.77. The molecule has 0 unspecified atom stereocenters. The lowest BCUT2D eigenvalue weighted by Crippen LogP contribution is -2.30. The molecule has 0 aliphatic heterocycles. The Kier molecular flexibility index (Phi) is 5.48. The van der Waals surface area contributed by atoms with Gasteiger partial charge in [0.1, 0.15) is 0 Å². The first-order chi connectivity index (χ1) is 11.3. The van der Waals surface area contributed by atoms with Gasteiger partial charge in [-0.25, -0.2) is 4.79 Å². The van der Waals surface area contributed by atoms with Gasteiger partial charge in [0, 0.05) is 24.5 Å². The Labute approximate surface area is 137 Å². The van der Waals surface area contributed by atoms with Crippen molar-refractivity contribution in [3.63, 3.8) is 0 Å². The van der Waals surface area contributed by atoms with E-state index in [9.17, 15) is 18.0 Å². The van der Waals surface area contributed by atoms with Gasteiger partial charge in [0.25, 0.3) is 0 Å². The zero-order valence-corrected chi connectivity index (χ0v) is 13.4. The highest BCUT2D eigenvalue weighted by Crippen LogP contribution is 2.30. The Balaban J connectivity index is 1.78. The van der Waals surface area contributed by atoms with Gasteiger partial charge in [0.2, 0.25) is 0 Å². The highest BCUT2D eigenvalue weighted by molar-refractivity contribution is 5.89. The molecule has 0 atom stereocenters. The summed E-state index contributed by atoms with van der Waals surface area (Å²) in [6, 6.07) is 5.94. The quantitative estimate of drug-likeness (QED) is 0.815. The van der Waals surface area contributed by atoms with E-state index in [-0.39, 0.29) is 5.69 Å². The van der Waals surface area contributed by atoms with Crippen LogP contribution in [-0.2, 0) is 12.7 Å². The number of hydrogen-bond acceptors (Lipinski definition) is 2. The minimum absolute atomic E-state index is 0.0980. The molecule has 0 radical (unpaired) electrons. The number of amides is 2. The van der Waals surface area contributed by atoms with Crippen molar-refractivity contribution in [3.05, 3.63) is 47.3 Å². The monoisotopic (exact) mass is 340 g/mol. The lowest BCUT2D eigenvalue weighted by atomic mass is 10.2. The Morgan fingerprint density at radius 2 is 2.00 bits per heavy atom. The van der Waals surface area contributed by atoms with Gasteiger partial charge in [-0.15, -0.1) is 0 Å². The molecule has 1 aromatic heterocycles. The minimum Gasteiger partial charge on any atom is -0.338 e. The number of anilines is 1. The summed E-state index contributed by atoms with van der Waals surface area (Å²) in [5.74, 6) is 0. The lowest BCUT2D eigenvalue weighted by Gasteiger charge is -2.11. The van der Waals surface area contributed by atoms with Crippen molar-refractivity contribution in [3.8, 4) is 0 Å². The van der Waals surface area contributed by atoms with E-state index in [0.717, 1.165) is 23.5 Å². The van der Waals surface area contributed by atoms with E-state index in [1.807, 2.05) is 24.6 Å². The molecule has 0 aliphatic carbocycles. The molecule has 0 spiro atoms. The van der Waals surface area contributed by atoms with Crippen LogP contribution >= 0.6 is 0 Å². The Hall–Kier alpha value is -2.51. The highest BCUT2D eigenvalue weighted by Gasteiger charge is 2.30. The third kappa shape index (κ3) is 5.00. The summed E-state index contributed by atoms with van der Waals surface area (Å²) in [7, 11) is 0. The van der Waals surface area contributed by atoms with Crippen LogP contribution in [0.3, 0.4) is 0 Å². The van der Waals surface area contributed by atoms with E-state index >= 15 is 0 Å². The maximum absolute atomic E-state index is 12.6. The lowest BCUT2D eigenvalue weighted by molar-refractivity contribution is -0.137. The number of urea groups is 1.